The van der Waals surface area contributed by atoms with Crippen LogP contribution < -0.4 is 0 Å². The molecule has 1 heterocycles. The van der Waals surface area contributed by atoms with E-state index in [0.717, 1.165) is 12.8 Å². The molecular formula is C15H22N4O2. The van der Waals surface area contributed by atoms with Gasteiger partial charge in [-0.15, -0.1) is 0 Å². The minimum absolute atomic E-state index is 0.0950. The van der Waals surface area contributed by atoms with Crippen LogP contribution in [0.25, 0.3) is 0 Å². The van der Waals surface area contributed by atoms with Crippen molar-refractivity contribution in [3.05, 3.63) is 24.3 Å². The highest BCUT2D eigenvalue weighted by Crippen LogP contribution is 2.28. The number of hydrogen-bond donors (Lipinski definition) is 0. The third-order valence-corrected chi connectivity index (χ3v) is 3.71. The summed E-state index contributed by atoms with van der Waals surface area (Å²) in [6.45, 7) is 5.79. The highest BCUT2D eigenvalue weighted by atomic mass is 16.2. The van der Waals surface area contributed by atoms with E-state index < -0.39 is 0 Å². The second kappa shape index (κ2) is 7.15. The molecule has 0 atom stereocenters. The van der Waals surface area contributed by atoms with Gasteiger partial charge in [-0.25, -0.2) is 4.98 Å². The van der Waals surface area contributed by atoms with E-state index in [9.17, 15) is 9.59 Å². The van der Waals surface area contributed by atoms with Gasteiger partial charge in [-0.2, -0.15) is 0 Å². The van der Waals surface area contributed by atoms with Crippen LogP contribution in [0.4, 0.5) is 0 Å². The van der Waals surface area contributed by atoms with Gasteiger partial charge in [0.05, 0.1) is 6.20 Å². The van der Waals surface area contributed by atoms with Gasteiger partial charge in [-0.1, -0.05) is 0 Å². The Morgan fingerprint density at radius 2 is 1.95 bits per heavy atom. The van der Waals surface area contributed by atoms with E-state index in [0.29, 0.717) is 31.7 Å². The molecule has 6 nitrogen and oxygen atoms in total. The van der Waals surface area contributed by atoms with Crippen LogP contribution >= 0.6 is 0 Å². The normalized spacial score (nSPS) is 13.8. The number of hydrogen-bond acceptors (Lipinski definition) is 4. The van der Waals surface area contributed by atoms with E-state index in [1.165, 1.54) is 12.4 Å². The summed E-state index contributed by atoms with van der Waals surface area (Å²) in [5.41, 5.74) is 0.347. The van der Waals surface area contributed by atoms with Crippen molar-refractivity contribution in [1.29, 1.82) is 0 Å². The van der Waals surface area contributed by atoms with Gasteiger partial charge in [-0.3, -0.25) is 14.6 Å². The SMILES string of the molecule is CCN(CC)C(=O)CCN(C(=O)c1cnccn1)C1CC1. The second-order valence-electron chi connectivity index (χ2n) is 5.14. The predicted molar refractivity (Wildman–Crippen MR) is 78.6 cm³/mol. The summed E-state index contributed by atoms with van der Waals surface area (Å²) in [6.07, 6.45) is 6.91. The van der Waals surface area contributed by atoms with Crippen molar-refractivity contribution in [2.45, 2.75) is 39.2 Å². The minimum Gasteiger partial charge on any atom is -0.343 e. The Balaban J connectivity index is 1.97. The molecule has 1 aromatic heterocycles. The van der Waals surface area contributed by atoms with E-state index in [1.807, 2.05) is 13.8 Å². The van der Waals surface area contributed by atoms with Gasteiger partial charge in [0.2, 0.25) is 5.91 Å². The zero-order valence-electron chi connectivity index (χ0n) is 12.7. The van der Waals surface area contributed by atoms with Crippen LogP contribution in [0.5, 0.6) is 0 Å². The fourth-order valence-electron chi connectivity index (χ4n) is 2.34. The van der Waals surface area contributed by atoms with Crippen molar-refractivity contribution in [2.75, 3.05) is 19.6 Å². The molecule has 2 rings (SSSR count). The van der Waals surface area contributed by atoms with E-state index in [4.69, 9.17) is 0 Å². The first-order chi connectivity index (χ1) is 10.2. The summed E-state index contributed by atoms with van der Waals surface area (Å²) >= 11 is 0. The summed E-state index contributed by atoms with van der Waals surface area (Å²) in [5, 5.41) is 0. The topological polar surface area (TPSA) is 66.4 Å². The number of rotatable bonds is 7. The first-order valence-corrected chi connectivity index (χ1v) is 7.52. The lowest BCUT2D eigenvalue weighted by atomic mass is 10.3. The van der Waals surface area contributed by atoms with Crippen molar-refractivity contribution in [1.82, 2.24) is 19.8 Å². The van der Waals surface area contributed by atoms with Crippen LogP contribution in [0.15, 0.2) is 18.6 Å². The van der Waals surface area contributed by atoms with Gasteiger partial charge in [0.1, 0.15) is 5.69 Å². The van der Waals surface area contributed by atoms with Crippen molar-refractivity contribution < 1.29 is 9.59 Å². The summed E-state index contributed by atoms with van der Waals surface area (Å²) in [5.74, 6) is -0.0319. The summed E-state index contributed by atoms with van der Waals surface area (Å²) in [7, 11) is 0. The zero-order valence-corrected chi connectivity index (χ0v) is 12.7. The van der Waals surface area contributed by atoms with Crippen LogP contribution in [0.1, 0.15) is 43.6 Å². The van der Waals surface area contributed by atoms with Crippen LogP contribution in [-0.2, 0) is 4.79 Å². The number of nitrogens with zero attached hydrogens (tertiary/aromatic N) is 4. The average molecular weight is 290 g/mol. The van der Waals surface area contributed by atoms with Crippen molar-refractivity contribution in [3.8, 4) is 0 Å². The third kappa shape index (κ3) is 4.00. The fourth-order valence-corrected chi connectivity index (χ4v) is 2.34. The molecular weight excluding hydrogens is 268 g/mol. The highest BCUT2D eigenvalue weighted by Gasteiger charge is 2.33. The maximum atomic E-state index is 12.4. The summed E-state index contributed by atoms with van der Waals surface area (Å²) in [6, 6.07) is 0.254. The number of amides is 2. The molecule has 0 spiro atoms. The first-order valence-electron chi connectivity index (χ1n) is 7.52. The zero-order chi connectivity index (χ0) is 15.2. The van der Waals surface area contributed by atoms with Crippen molar-refractivity contribution in [2.24, 2.45) is 0 Å². The van der Waals surface area contributed by atoms with Crippen molar-refractivity contribution in [3.63, 3.8) is 0 Å². The number of aromatic nitrogens is 2. The maximum absolute atomic E-state index is 12.4. The Labute approximate surface area is 125 Å². The van der Waals surface area contributed by atoms with Gasteiger partial charge in [0.15, 0.2) is 0 Å². The molecule has 0 radical (unpaired) electrons. The Bertz CT molecular complexity index is 484. The van der Waals surface area contributed by atoms with Crippen LogP contribution in [-0.4, -0.2) is 57.3 Å². The molecule has 1 saturated carbocycles. The summed E-state index contributed by atoms with van der Waals surface area (Å²) < 4.78 is 0. The molecule has 1 aliphatic carbocycles. The van der Waals surface area contributed by atoms with Gasteiger partial charge in [0.25, 0.3) is 5.91 Å². The third-order valence-electron chi connectivity index (χ3n) is 3.71. The molecule has 0 aromatic carbocycles. The second-order valence-corrected chi connectivity index (χ2v) is 5.14. The lowest BCUT2D eigenvalue weighted by Gasteiger charge is -2.24. The highest BCUT2D eigenvalue weighted by molar-refractivity contribution is 5.92. The minimum atomic E-state index is -0.127. The molecule has 2 amide bonds. The molecule has 6 heteroatoms. The number of carbonyl (C=O) groups is 2. The standard InChI is InChI=1S/C15H22N4O2/c1-3-18(4-2)14(20)7-10-19(12-5-6-12)15(21)13-11-16-8-9-17-13/h8-9,11-12H,3-7,10H2,1-2H3. The van der Waals surface area contributed by atoms with Gasteiger partial charge in [0, 0.05) is 44.5 Å². The molecule has 0 bridgehead atoms. The number of carbonyl (C=O) groups excluding carboxylic acids is 2. The Morgan fingerprint density at radius 3 is 2.48 bits per heavy atom. The Morgan fingerprint density at radius 1 is 1.24 bits per heavy atom. The summed E-state index contributed by atoms with van der Waals surface area (Å²) in [4.78, 5) is 36.1. The smallest absolute Gasteiger partial charge is 0.274 e. The quantitative estimate of drug-likeness (QED) is 0.760. The predicted octanol–water partition coefficient (Wildman–Crippen LogP) is 1.34. The maximum Gasteiger partial charge on any atom is 0.274 e. The van der Waals surface area contributed by atoms with Crippen LogP contribution in [0, 0.1) is 0 Å². The monoisotopic (exact) mass is 290 g/mol. The molecule has 21 heavy (non-hydrogen) atoms. The molecule has 1 aromatic rings. The largest absolute Gasteiger partial charge is 0.343 e. The fraction of sp³-hybridized carbons (Fsp3) is 0.600. The first kappa shape index (κ1) is 15.4. The van der Waals surface area contributed by atoms with E-state index in [1.54, 1.807) is 16.0 Å². The molecule has 0 saturated heterocycles. The molecule has 1 aliphatic rings. The van der Waals surface area contributed by atoms with E-state index in [2.05, 4.69) is 9.97 Å². The van der Waals surface area contributed by atoms with Crippen LogP contribution in [0.3, 0.4) is 0 Å². The molecule has 0 aliphatic heterocycles. The molecule has 114 valence electrons. The van der Waals surface area contributed by atoms with Gasteiger partial charge >= 0.3 is 0 Å². The Kier molecular flexibility index (Phi) is 5.25. The molecule has 1 fully saturated rings. The van der Waals surface area contributed by atoms with Crippen molar-refractivity contribution >= 4 is 11.8 Å². The van der Waals surface area contributed by atoms with Gasteiger partial charge < -0.3 is 9.80 Å². The van der Waals surface area contributed by atoms with Crippen LogP contribution in [0.2, 0.25) is 0 Å². The lowest BCUT2D eigenvalue weighted by Crippen LogP contribution is -2.38. The molecule has 0 N–H and O–H groups in total. The van der Waals surface area contributed by atoms with E-state index in [-0.39, 0.29) is 17.9 Å². The lowest BCUT2D eigenvalue weighted by molar-refractivity contribution is -0.131. The average Bonchev–Trinajstić information content (AvgIpc) is 3.34. The molecule has 0 unspecified atom stereocenters. The Hall–Kier alpha value is -1.98. The van der Waals surface area contributed by atoms with E-state index >= 15 is 0 Å². The van der Waals surface area contributed by atoms with Gasteiger partial charge in [-0.05, 0) is 26.7 Å².